The highest BCUT2D eigenvalue weighted by Crippen LogP contribution is 2.48. The number of fused-ring (bicyclic) bond motifs is 2. The van der Waals surface area contributed by atoms with E-state index in [-0.39, 0.29) is 0 Å². The molecule has 0 spiro atoms. The second kappa shape index (κ2) is 11.2. The SMILES string of the molecule is COc1nc2ccc(Br)cc2cc1C(c1ccccc1)C(O)(CCCN(C)C)c1ccc2ccccc2c1. The number of aliphatic hydroxyl groups is 1. The van der Waals surface area contributed by atoms with Gasteiger partial charge in [0.2, 0.25) is 5.88 Å². The van der Waals surface area contributed by atoms with Crippen molar-refractivity contribution in [3.05, 3.63) is 118 Å². The van der Waals surface area contributed by atoms with E-state index in [1.54, 1.807) is 7.11 Å². The van der Waals surface area contributed by atoms with Crippen molar-refractivity contribution in [2.24, 2.45) is 0 Å². The molecule has 0 bridgehead atoms. The average molecular weight is 570 g/mol. The lowest BCUT2D eigenvalue weighted by atomic mass is 9.71. The first-order valence-electron chi connectivity index (χ1n) is 12.9. The van der Waals surface area contributed by atoms with Crippen molar-refractivity contribution in [1.29, 1.82) is 0 Å². The minimum Gasteiger partial charge on any atom is -0.481 e. The lowest BCUT2D eigenvalue weighted by Gasteiger charge is -2.38. The first-order valence-corrected chi connectivity index (χ1v) is 13.7. The molecule has 2 atom stereocenters. The van der Waals surface area contributed by atoms with Crippen LogP contribution in [0.15, 0.2) is 102 Å². The number of ether oxygens (including phenoxy) is 1. The van der Waals surface area contributed by atoms with Crippen molar-refractivity contribution < 1.29 is 9.84 Å². The molecular formula is C33H33BrN2O2. The van der Waals surface area contributed by atoms with E-state index in [0.717, 1.165) is 55.8 Å². The molecule has 194 valence electrons. The number of nitrogens with zero attached hydrogens (tertiary/aromatic N) is 2. The van der Waals surface area contributed by atoms with Crippen LogP contribution < -0.4 is 4.74 Å². The summed E-state index contributed by atoms with van der Waals surface area (Å²) in [4.78, 5) is 7.05. The first kappa shape index (κ1) is 26.4. The Morgan fingerprint density at radius 2 is 1.61 bits per heavy atom. The van der Waals surface area contributed by atoms with Crippen LogP contribution in [0.5, 0.6) is 5.88 Å². The van der Waals surface area contributed by atoms with Crippen LogP contribution in [0.25, 0.3) is 21.7 Å². The average Bonchev–Trinajstić information content (AvgIpc) is 2.93. The zero-order valence-corrected chi connectivity index (χ0v) is 23.7. The number of pyridine rings is 1. The Labute approximate surface area is 233 Å². The predicted octanol–water partition coefficient (Wildman–Crippen LogP) is 7.52. The fourth-order valence-corrected chi connectivity index (χ4v) is 5.83. The summed E-state index contributed by atoms with van der Waals surface area (Å²) >= 11 is 3.61. The van der Waals surface area contributed by atoms with E-state index in [0.29, 0.717) is 12.3 Å². The zero-order chi connectivity index (χ0) is 26.7. The summed E-state index contributed by atoms with van der Waals surface area (Å²) in [7, 11) is 5.79. The molecule has 1 heterocycles. The van der Waals surface area contributed by atoms with Crippen LogP contribution in [0.2, 0.25) is 0 Å². The summed E-state index contributed by atoms with van der Waals surface area (Å²) in [5, 5.41) is 16.2. The van der Waals surface area contributed by atoms with Gasteiger partial charge in [0.25, 0.3) is 0 Å². The lowest BCUT2D eigenvalue weighted by Crippen LogP contribution is -2.35. The molecule has 5 aromatic rings. The molecule has 4 aromatic carbocycles. The summed E-state index contributed by atoms with van der Waals surface area (Å²) in [6.45, 7) is 0.872. The van der Waals surface area contributed by atoms with Gasteiger partial charge >= 0.3 is 0 Å². The number of rotatable bonds is 9. The van der Waals surface area contributed by atoms with E-state index in [1.165, 1.54) is 0 Å². The number of benzene rings is 4. The fraction of sp³-hybridized carbons (Fsp3) is 0.242. The third-order valence-electron chi connectivity index (χ3n) is 7.30. The van der Waals surface area contributed by atoms with Crippen LogP contribution in [-0.4, -0.2) is 42.7 Å². The molecule has 0 aliphatic rings. The summed E-state index contributed by atoms with van der Waals surface area (Å²) < 4.78 is 6.87. The molecule has 5 heteroatoms. The normalized spacial score (nSPS) is 14.1. The second-order valence-corrected chi connectivity index (χ2v) is 11.1. The van der Waals surface area contributed by atoms with Gasteiger partial charge in [-0.1, -0.05) is 82.7 Å². The van der Waals surface area contributed by atoms with Gasteiger partial charge in [-0.15, -0.1) is 0 Å². The van der Waals surface area contributed by atoms with Crippen LogP contribution >= 0.6 is 15.9 Å². The van der Waals surface area contributed by atoms with Crippen LogP contribution in [0.3, 0.4) is 0 Å². The van der Waals surface area contributed by atoms with Gasteiger partial charge in [-0.2, -0.15) is 0 Å². The van der Waals surface area contributed by atoms with Crippen molar-refractivity contribution in [2.45, 2.75) is 24.4 Å². The van der Waals surface area contributed by atoms with E-state index in [4.69, 9.17) is 9.72 Å². The van der Waals surface area contributed by atoms with Gasteiger partial charge in [0.05, 0.1) is 12.6 Å². The van der Waals surface area contributed by atoms with E-state index in [9.17, 15) is 5.11 Å². The molecule has 0 radical (unpaired) electrons. The maximum atomic E-state index is 13.0. The third kappa shape index (κ3) is 5.32. The molecule has 0 amide bonds. The quantitative estimate of drug-likeness (QED) is 0.200. The summed E-state index contributed by atoms with van der Waals surface area (Å²) in [6, 6.07) is 33.0. The molecule has 2 unspecified atom stereocenters. The molecule has 1 N–H and O–H groups in total. The minimum atomic E-state index is -1.21. The van der Waals surface area contributed by atoms with E-state index in [2.05, 4.69) is 89.5 Å². The second-order valence-electron chi connectivity index (χ2n) is 10.2. The van der Waals surface area contributed by atoms with Gasteiger partial charge in [0, 0.05) is 21.3 Å². The van der Waals surface area contributed by atoms with Crippen molar-refractivity contribution in [3.63, 3.8) is 0 Å². The summed E-state index contributed by atoms with van der Waals surface area (Å²) in [5.41, 5.74) is 2.41. The highest BCUT2D eigenvalue weighted by Gasteiger charge is 2.42. The van der Waals surface area contributed by atoms with E-state index < -0.39 is 11.5 Å². The zero-order valence-electron chi connectivity index (χ0n) is 22.1. The number of halogens is 1. The molecule has 0 fully saturated rings. The molecule has 0 saturated carbocycles. The van der Waals surface area contributed by atoms with Gasteiger partial charge in [0.1, 0.15) is 5.60 Å². The number of methoxy groups -OCH3 is 1. The maximum Gasteiger partial charge on any atom is 0.217 e. The standard InChI is InChI=1S/C33H33BrN2O2/c1-36(2)19-9-18-33(37,27-15-14-23-10-7-8-13-25(23)20-27)31(24-11-5-4-6-12-24)29-22-26-21-28(34)16-17-30(26)35-32(29)38-3/h4-8,10-17,20-22,31,37H,9,18-19H2,1-3H3. The molecular weight excluding hydrogens is 536 g/mol. The summed E-state index contributed by atoms with van der Waals surface area (Å²) in [5.74, 6) is 0.123. The molecule has 5 rings (SSSR count). The fourth-order valence-electron chi connectivity index (χ4n) is 5.45. The number of hydrogen-bond acceptors (Lipinski definition) is 4. The van der Waals surface area contributed by atoms with Crippen LogP contribution in [0, 0.1) is 0 Å². The van der Waals surface area contributed by atoms with Crippen LogP contribution in [0.4, 0.5) is 0 Å². The monoisotopic (exact) mass is 568 g/mol. The third-order valence-corrected chi connectivity index (χ3v) is 7.79. The van der Waals surface area contributed by atoms with Gasteiger partial charge < -0.3 is 14.7 Å². The highest BCUT2D eigenvalue weighted by molar-refractivity contribution is 9.10. The van der Waals surface area contributed by atoms with Gasteiger partial charge in [-0.25, -0.2) is 4.98 Å². The Morgan fingerprint density at radius 1 is 0.868 bits per heavy atom. The van der Waals surface area contributed by atoms with Crippen molar-refractivity contribution in [2.75, 3.05) is 27.7 Å². The first-order chi connectivity index (χ1) is 18.4. The highest BCUT2D eigenvalue weighted by atomic mass is 79.9. The van der Waals surface area contributed by atoms with Crippen molar-refractivity contribution in [1.82, 2.24) is 9.88 Å². The Morgan fingerprint density at radius 3 is 2.34 bits per heavy atom. The lowest BCUT2D eigenvalue weighted by molar-refractivity contribution is 0.00631. The molecule has 1 aromatic heterocycles. The van der Waals surface area contributed by atoms with Gasteiger partial charge in [-0.05, 0) is 85.7 Å². The smallest absolute Gasteiger partial charge is 0.217 e. The Bertz CT molecular complexity index is 1550. The molecule has 0 aliphatic heterocycles. The molecule has 4 nitrogen and oxygen atoms in total. The largest absolute Gasteiger partial charge is 0.481 e. The van der Waals surface area contributed by atoms with Crippen molar-refractivity contribution in [3.8, 4) is 5.88 Å². The topological polar surface area (TPSA) is 45.6 Å². The van der Waals surface area contributed by atoms with Crippen LogP contribution in [0.1, 0.15) is 35.4 Å². The predicted molar refractivity (Wildman–Crippen MR) is 160 cm³/mol. The van der Waals surface area contributed by atoms with E-state index in [1.807, 2.05) is 42.5 Å². The Hall–Kier alpha value is -3.25. The van der Waals surface area contributed by atoms with E-state index >= 15 is 0 Å². The van der Waals surface area contributed by atoms with Gasteiger partial charge in [-0.3, -0.25) is 0 Å². The molecule has 0 aliphatic carbocycles. The molecule has 38 heavy (non-hydrogen) atoms. The van der Waals surface area contributed by atoms with Gasteiger partial charge in [0.15, 0.2) is 0 Å². The summed E-state index contributed by atoms with van der Waals surface area (Å²) in [6.07, 6.45) is 1.40. The van der Waals surface area contributed by atoms with Crippen molar-refractivity contribution >= 4 is 37.6 Å². The number of hydrogen-bond donors (Lipinski definition) is 1. The maximum absolute atomic E-state index is 13.0. The van der Waals surface area contributed by atoms with Crippen LogP contribution in [-0.2, 0) is 5.60 Å². The number of aromatic nitrogens is 1. The Kier molecular flexibility index (Phi) is 7.80. The molecule has 0 saturated heterocycles. The Balaban J connectivity index is 1.77. The minimum absolute atomic E-state index is 0.405.